The summed E-state index contributed by atoms with van der Waals surface area (Å²) in [6, 6.07) is 1.27. The van der Waals surface area contributed by atoms with Gasteiger partial charge in [-0.25, -0.2) is 0 Å². The smallest absolute Gasteiger partial charge is 0.0615 e. The highest BCUT2D eigenvalue weighted by atomic mass is 16.5. The second-order valence-corrected chi connectivity index (χ2v) is 4.19. The summed E-state index contributed by atoms with van der Waals surface area (Å²) in [6.07, 6.45) is 2.51. The highest BCUT2D eigenvalue weighted by Gasteiger charge is 2.18. The molecule has 2 unspecified atom stereocenters. The molecule has 0 bridgehead atoms. The molecule has 84 valence electrons. The zero-order valence-corrected chi connectivity index (χ0v) is 9.75. The lowest BCUT2D eigenvalue weighted by molar-refractivity contribution is 0.103. The Kier molecular flexibility index (Phi) is 5.45. The molecule has 0 saturated carbocycles. The third kappa shape index (κ3) is 3.56. The molecule has 2 atom stereocenters. The third-order valence-corrected chi connectivity index (χ3v) is 3.12. The van der Waals surface area contributed by atoms with Crippen LogP contribution in [-0.4, -0.2) is 50.3 Å². The summed E-state index contributed by atoms with van der Waals surface area (Å²) in [5.74, 6) is 0. The number of ether oxygens (including phenoxy) is 1. The van der Waals surface area contributed by atoms with Crippen LogP contribution in [0.3, 0.4) is 0 Å². The number of nitrogens with zero attached hydrogens (tertiary/aromatic N) is 1. The van der Waals surface area contributed by atoms with Crippen molar-refractivity contribution in [1.82, 2.24) is 10.2 Å². The van der Waals surface area contributed by atoms with E-state index in [1.54, 1.807) is 7.11 Å². The van der Waals surface area contributed by atoms with E-state index in [0.29, 0.717) is 6.04 Å². The second-order valence-electron chi connectivity index (χ2n) is 4.19. The molecule has 3 nitrogen and oxygen atoms in total. The van der Waals surface area contributed by atoms with Crippen LogP contribution in [0.2, 0.25) is 0 Å². The molecule has 14 heavy (non-hydrogen) atoms. The Hall–Kier alpha value is -0.120. The number of hydrogen-bond donors (Lipinski definition) is 1. The van der Waals surface area contributed by atoms with Gasteiger partial charge in [-0.05, 0) is 19.8 Å². The summed E-state index contributed by atoms with van der Waals surface area (Å²) in [5, 5.41) is 3.58. The molecule has 0 radical (unpaired) electrons. The molecule has 1 heterocycles. The molecule has 0 amide bonds. The summed E-state index contributed by atoms with van der Waals surface area (Å²) in [4.78, 5) is 2.52. The maximum atomic E-state index is 5.19. The lowest BCUT2D eigenvalue weighted by atomic mass is 10.1. The zero-order chi connectivity index (χ0) is 10.4. The largest absolute Gasteiger partial charge is 0.383 e. The Morgan fingerprint density at radius 1 is 1.50 bits per heavy atom. The first-order valence-corrected chi connectivity index (χ1v) is 5.74. The van der Waals surface area contributed by atoms with E-state index in [2.05, 4.69) is 24.1 Å². The van der Waals surface area contributed by atoms with Gasteiger partial charge in [0.25, 0.3) is 0 Å². The van der Waals surface area contributed by atoms with Crippen molar-refractivity contribution in [1.29, 1.82) is 0 Å². The first-order valence-electron chi connectivity index (χ1n) is 5.74. The lowest BCUT2D eigenvalue weighted by Gasteiger charge is -2.26. The molecule has 1 aliphatic heterocycles. The van der Waals surface area contributed by atoms with Crippen LogP contribution in [0.15, 0.2) is 0 Å². The predicted octanol–water partition coefficient (Wildman–Crippen LogP) is 1.10. The Labute approximate surface area is 87.8 Å². The van der Waals surface area contributed by atoms with Gasteiger partial charge in [-0.1, -0.05) is 6.92 Å². The number of rotatable bonds is 4. The predicted molar refractivity (Wildman–Crippen MR) is 59.6 cm³/mol. The molecule has 0 aromatic carbocycles. The topological polar surface area (TPSA) is 24.5 Å². The summed E-state index contributed by atoms with van der Waals surface area (Å²) >= 11 is 0. The van der Waals surface area contributed by atoms with E-state index in [0.717, 1.165) is 25.7 Å². The molecular formula is C11H24N2O. The SMILES string of the molecule is CCC1CCN(C(C)COC)CCN1. The van der Waals surface area contributed by atoms with Crippen LogP contribution in [-0.2, 0) is 4.74 Å². The highest BCUT2D eigenvalue weighted by Crippen LogP contribution is 2.08. The third-order valence-electron chi connectivity index (χ3n) is 3.12. The van der Waals surface area contributed by atoms with Crippen molar-refractivity contribution in [3.8, 4) is 0 Å². The van der Waals surface area contributed by atoms with Crippen molar-refractivity contribution in [2.75, 3.05) is 33.4 Å². The van der Waals surface area contributed by atoms with Crippen molar-refractivity contribution in [3.63, 3.8) is 0 Å². The summed E-state index contributed by atoms with van der Waals surface area (Å²) < 4.78 is 5.19. The summed E-state index contributed by atoms with van der Waals surface area (Å²) in [6.45, 7) is 8.82. The first kappa shape index (κ1) is 12.0. The minimum Gasteiger partial charge on any atom is -0.383 e. The molecule has 0 spiro atoms. The number of hydrogen-bond acceptors (Lipinski definition) is 3. The zero-order valence-electron chi connectivity index (χ0n) is 9.75. The fourth-order valence-electron chi connectivity index (χ4n) is 2.08. The quantitative estimate of drug-likeness (QED) is 0.735. The van der Waals surface area contributed by atoms with Gasteiger partial charge in [-0.15, -0.1) is 0 Å². The average molecular weight is 200 g/mol. The Morgan fingerprint density at radius 3 is 2.93 bits per heavy atom. The van der Waals surface area contributed by atoms with E-state index in [1.807, 2.05) is 0 Å². The first-order chi connectivity index (χ1) is 6.77. The van der Waals surface area contributed by atoms with Crippen LogP contribution in [0.5, 0.6) is 0 Å². The lowest BCUT2D eigenvalue weighted by Crippen LogP contribution is -2.38. The van der Waals surface area contributed by atoms with E-state index in [-0.39, 0.29) is 0 Å². The van der Waals surface area contributed by atoms with Crippen molar-refractivity contribution in [2.45, 2.75) is 38.8 Å². The number of nitrogens with one attached hydrogen (secondary N) is 1. The fraction of sp³-hybridized carbons (Fsp3) is 1.00. The van der Waals surface area contributed by atoms with Gasteiger partial charge in [-0.3, -0.25) is 4.90 Å². The van der Waals surface area contributed by atoms with Gasteiger partial charge in [0, 0.05) is 38.8 Å². The molecule has 1 saturated heterocycles. The van der Waals surface area contributed by atoms with Crippen LogP contribution in [0.4, 0.5) is 0 Å². The summed E-state index contributed by atoms with van der Waals surface area (Å²) in [5.41, 5.74) is 0. The normalized spacial score (nSPS) is 27.2. The van der Waals surface area contributed by atoms with Gasteiger partial charge >= 0.3 is 0 Å². The maximum Gasteiger partial charge on any atom is 0.0615 e. The molecule has 1 rings (SSSR count). The van der Waals surface area contributed by atoms with Gasteiger partial charge in [0.1, 0.15) is 0 Å². The van der Waals surface area contributed by atoms with Crippen LogP contribution in [0, 0.1) is 0 Å². The molecule has 1 N–H and O–H groups in total. The Balaban J connectivity index is 2.33. The van der Waals surface area contributed by atoms with E-state index in [9.17, 15) is 0 Å². The van der Waals surface area contributed by atoms with E-state index >= 15 is 0 Å². The van der Waals surface area contributed by atoms with Crippen molar-refractivity contribution in [2.24, 2.45) is 0 Å². The molecule has 1 fully saturated rings. The van der Waals surface area contributed by atoms with Crippen molar-refractivity contribution < 1.29 is 4.74 Å². The minimum absolute atomic E-state index is 0.553. The Morgan fingerprint density at radius 2 is 2.29 bits per heavy atom. The molecular weight excluding hydrogens is 176 g/mol. The average Bonchev–Trinajstić information content (AvgIpc) is 2.42. The van der Waals surface area contributed by atoms with Gasteiger partial charge < -0.3 is 10.1 Å². The number of methoxy groups -OCH3 is 1. The van der Waals surface area contributed by atoms with E-state index in [1.165, 1.54) is 19.4 Å². The Bertz CT molecular complexity index is 152. The van der Waals surface area contributed by atoms with Crippen LogP contribution in [0.1, 0.15) is 26.7 Å². The van der Waals surface area contributed by atoms with Crippen molar-refractivity contribution in [3.05, 3.63) is 0 Å². The van der Waals surface area contributed by atoms with Crippen molar-refractivity contribution >= 4 is 0 Å². The van der Waals surface area contributed by atoms with E-state index < -0.39 is 0 Å². The van der Waals surface area contributed by atoms with Gasteiger partial charge in [0.15, 0.2) is 0 Å². The molecule has 0 aliphatic carbocycles. The fourth-order valence-corrected chi connectivity index (χ4v) is 2.08. The standard InChI is InChI=1S/C11H24N2O/c1-4-11-5-7-13(8-6-12-11)10(2)9-14-3/h10-12H,4-9H2,1-3H3. The molecule has 3 heteroatoms. The molecule has 0 aromatic heterocycles. The van der Waals surface area contributed by atoms with Crippen LogP contribution in [0.25, 0.3) is 0 Å². The van der Waals surface area contributed by atoms with Crippen LogP contribution < -0.4 is 5.32 Å². The van der Waals surface area contributed by atoms with Gasteiger partial charge in [0.2, 0.25) is 0 Å². The minimum atomic E-state index is 0.553. The summed E-state index contributed by atoms with van der Waals surface area (Å²) in [7, 11) is 1.78. The van der Waals surface area contributed by atoms with Gasteiger partial charge in [-0.2, -0.15) is 0 Å². The maximum absolute atomic E-state index is 5.19. The second kappa shape index (κ2) is 6.38. The monoisotopic (exact) mass is 200 g/mol. The van der Waals surface area contributed by atoms with Gasteiger partial charge in [0.05, 0.1) is 6.61 Å². The van der Waals surface area contributed by atoms with E-state index in [4.69, 9.17) is 4.74 Å². The van der Waals surface area contributed by atoms with Crippen LogP contribution >= 0.6 is 0 Å². The molecule has 0 aromatic rings. The highest BCUT2D eigenvalue weighted by molar-refractivity contribution is 4.77. The molecule has 1 aliphatic rings.